The number of hydrogen-bond acceptors (Lipinski definition) is 3. The summed E-state index contributed by atoms with van der Waals surface area (Å²) in [6, 6.07) is 8.02. The highest BCUT2D eigenvalue weighted by Gasteiger charge is 2.44. The van der Waals surface area contributed by atoms with Crippen LogP contribution in [0.5, 0.6) is 0 Å². The Kier molecular flexibility index (Phi) is 2.46. The molecule has 2 aliphatic rings. The van der Waals surface area contributed by atoms with Crippen molar-refractivity contribution >= 4 is 5.97 Å². The molecule has 1 aromatic carbocycles. The van der Waals surface area contributed by atoms with E-state index in [9.17, 15) is 4.79 Å². The van der Waals surface area contributed by atoms with E-state index in [0.29, 0.717) is 5.92 Å². The zero-order valence-corrected chi connectivity index (χ0v) is 11.0. The van der Waals surface area contributed by atoms with E-state index in [4.69, 9.17) is 9.52 Å². The SMILES string of the molecule is O=C(O)[C@H]1C[C@@H]1c1ccc(-c2coc(C3CC3)n2)cc1. The summed E-state index contributed by atoms with van der Waals surface area (Å²) in [7, 11) is 0. The predicted octanol–water partition coefficient (Wildman–Crippen LogP) is 3.41. The molecule has 0 radical (unpaired) electrons. The summed E-state index contributed by atoms with van der Waals surface area (Å²) in [6.45, 7) is 0. The molecule has 4 heteroatoms. The van der Waals surface area contributed by atoms with Crippen LogP contribution in [0.3, 0.4) is 0 Å². The molecule has 1 heterocycles. The molecular weight excluding hydrogens is 254 g/mol. The van der Waals surface area contributed by atoms with Crippen molar-refractivity contribution in [2.45, 2.75) is 31.1 Å². The van der Waals surface area contributed by atoms with E-state index in [-0.39, 0.29) is 11.8 Å². The Hall–Kier alpha value is -2.10. The van der Waals surface area contributed by atoms with Crippen molar-refractivity contribution in [3.05, 3.63) is 42.0 Å². The smallest absolute Gasteiger partial charge is 0.307 e. The third kappa shape index (κ3) is 2.01. The molecule has 2 atom stereocenters. The minimum atomic E-state index is -0.690. The molecule has 0 saturated heterocycles. The first kappa shape index (κ1) is 11.7. The average Bonchev–Trinajstić information content (AvgIpc) is 3.37. The van der Waals surface area contributed by atoms with Crippen molar-refractivity contribution < 1.29 is 14.3 Å². The number of carbonyl (C=O) groups is 1. The predicted molar refractivity (Wildman–Crippen MR) is 72.4 cm³/mol. The van der Waals surface area contributed by atoms with E-state index in [2.05, 4.69) is 4.98 Å². The largest absolute Gasteiger partial charge is 0.481 e. The normalized spacial score (nSPS) is 24.6. The van der Waals surface area contributed by atoms with Gasteiger partial charge in [0, 0.05) is 11.5 Å². The molecule has 0 unspecified atom stereocenters. The first-order valence-corrected chi connectivity index (χ1v) is 7.01. The third-order valence-corrected chi connectivity index (χ3v) is 4.19. The first-order chi connectivity index (χ1) is 9.72. The minimum Gasteiger partial charge on any atom is -0.481 e. The van der Waals surface area contributed by atoms with Gasteiger partial charge >= 0.3 is 5.97 Å². The van der Waals surface area contributed by atoms with Crippen LogP contribution in [0.2, 0.25) is 0 Å². The zero-order valence-electron chi connectivity index (χ0n) is 11.0. The van der Waals surface area contributed by atoms with Gasteiger partial charge in [-0.15, -0.1) is 0 Å². The molecule has 4 rings (SSSR count). The number of rotatable bonds is 4. The van der Waals surface area contributed by atoms with Crippen molar-refractivity contribution in [1.29, 1.82) is 0 Å². The number of benzene rings is 1. The Balaban J connectivity index is 1.53. The van der Waals surface area contributed by atoms with Gasteiger partial charge in [-0.2, -0.15) is 0 Å². The van der Waals surface area contributed by atoms with Gasteiger partial charge in [-0.1, -0.05) is 24.3 Å². The highest BCUT2D eigenvalue weighted by molar-refractivity contribution is 5.75. The molecule has 2 saturated carbocycles. The van der Waals surface area contributed by atoms with E-state index < -0.39 is 5.97 Å². The number of hydrogen-bond donors (Lipinski definition) is 1. The Morgan fingerprint density at radius 1 is 1.25 bits per heavy atom. The zero-order chi connectivity index (χ0) is 13.7. The second-order valence-corrected chi connectivity index (χ2v) is 5.75. The summed E-state index contributed by atoms with van der Waals surface area (Å²) in [6.07, 6.45) is 4.82. The number of aliphatic carboxylic acids is 1. The highest BCUT2D eigenvalue weighted by atomic mass is 16.4. The summed E-state index contributed by atoms with van der Waals surface area (Å²) >= 11 is 0. The molecule has 2 fully saturated rings. The molecule has 0 bridgehead atoms. The van der Waals surface area contributed by atoms with Gasteiger partial charge in [0.15, 0.2) is 5.89 Å². The van der Waals surface area contributed by atoms with Crippen LogP contribution < -0.4 is 0 Å². The molecule has 102 valence electrons. The minimum absolute atomic E-state index is 0.181. The summed E-state index contributed by atoms with van der Waals surface area (Å²) in [5.41, 5.74) is 2.99. The molecule has 1 aromatic heterocycles. The maximum Gasteiger partial charge on any atom is 0.307 e. The van der Waals surface area contributed by atoms with E-state index in [1.807, 2.05) is 24.3 Å². The van der Waals surface area contributed by atoms with Gasteiger partial charge in [-0.25, -0.2) is 4.98 Å². The van der Waals surface area contributed by atoms with Crippen molar-refractivity contribution in [2.75, 3.05) is 0 Å². The Morgan fingerprint density at radius 2 is 2.00 bits per heavy atom. The Bertz CT molecular complexity index is 655. The quantitative estimate of drug-likeness (QED) is 0.923. The molecular formula is C16H15NO3. The fraction of sp³-hybridized carbons (Fsp3) is 0.375. The van der Waals surface area contributed by atoms with E-state index in [0.717, 1.165) is 29.1 Å². The molecule has 1 N–H and O–H groups in total. The van der Waals surface area contributed by atoms with Crippen LogP contribution >= 0.6 is 0 Å². The molecule has 0 aliphatic heterocycles. The third-order valence-electron chi connectivity index (χ3n) is 4.19. The van der Waals surface area contributed by atoms with Crippen LogP contribution in [0, 0.1) is 5.92 Å². The summed E-state index contributed by atoms with van der Waals surface area (Å²) in [4.78, 5) is 15.4. The number of carboxylic acid groups (broad SMARTS) is 1. The van der Waals surface area contributed by atoms with Crippen LogP contribution in [0.15, 0.2) is 34.9 Å². The highest BCUT2D eigenvalue weighted by Crippen LogP contribution is 2.47. The van der Waals surface area contributed by atoms with E-state index in [1.165, 1.54) is 12.8 Å². The van der Waals surface area contributed by atoms with Crippen molar-refractivity contribution in [3.8, 4) is 11.3 Å². The van der Waals surface area contributed by atoms with Gasteiger partial charge in [-0.3, -0.25) is 4.79 Å². The lowest BCUT2D eigenvalue weighted by molar-refractivity contribution is -0.138. The molecule has 2 aliphatic carbocycles. The van der Waals surface area contributed by atoms with Crippen LogP contribution in [0.4, 0.5) is 0 Å². The van der Waals surface area contributed by atoms with E-state index >= 15 is 0 Å². The topological polar surface area (TPSA) is 63.3 Å². The van der Waals surface area contributed by atoms with Crippen LogP contribution in [0.1, 0.15) is 42.6 Å². The molecule has 20 heavy (non-hydrogen) atoms. The summed E-state index contributed by atoms with van der Waals surface area (Å²) in [5.74, 6) is 0.655. The van der Waals surface area contributed by atoms with Gasteiger partial charge in [0.2, 0.25) is 0 Å². The number of carboxylic acids is 1. The standard InChI is InChI=1S/C16H15NO3/c18-16(19)13-7-12(13)9-1-3-10(4-2-9)14-8-20-15(17-14)11-5-6-11/h1-4,8,11-13H,5-7H2,(H,18,19)/t12-,13+/m1/s1. The molecule has 0 spiro atoms. The number of aromatic nitrogens is 1. The van der Waals surface area contributed by atoms with Gasteiger partial charge in [0.1, 0.15) is 12.0 Å². The number of nitrogens with zero attached hydrogens (tertiary/aromatic N) is 1. The molecule has 0 amide bonds. The first-order valence-electron chi connectivity index (χ1n) is 7.01. The lowest BCUT2D eigenvalue weighted by Gasteiger charge is -2.00. The lowest BCUT2D eigenvalue weighted by atomic mass is 10.1. The van der Waals surface area contributed by atoms with Gasteiger partial charge in [0.05, 0.1) is 5.92 Å². The Labute approximate surface area is 116 Å². The second-order valence-electron chi connectivity index (χ2n) is 5.75. The Morgan fingerprint density at radius 3 is 2.60 bits per heavy atom. The summed E-state index contributed by atoms with van der Waals surface area (Å²) < 4.78 is 5.49. The molecule has 4 nitrogen and oxygen atoms in total. The maximum atomic E-state index is 10.9. The van der Waals surface area contributed by atoms with Crippen LogP contribution in [-0.4, -0.2) is 16.1 Å². The van der Waals surface area contributed by atoms with Crippen LogP contribution in [0.25, 0.3) is 11.3 Å². The lowest BCUT2D eigenvalue weighted by Crippen LogP contribution is -1.98. The fourth-order valence-corrected chi connectivity index (χ4v) is 2.68. The second kappa shape index (κ2) is 4.20. The summed E-state index contributed by atoms with van der Waals surface area (Å²) in [5, 5.41) is 8.96. The maximum absolute atomic E-state index is 10.9. The monoisotopic (exact) mass is 269 g/mol. The van der Waals surface area contributed by atoms with Gasteiger partial charge in [0.25, 0.3) is 0 Å². The molecule has 2 aromatic rings. The van der Waals surface area contributed by atoms with Gasteiger partial charge < -0.3 is 9.52 Å². The van der Waals surface area contributed by atoms with E-state index in [1.54, 1.807) is 6.26 Å². The van der Waals surface area contributed by atoms with Gasteiger partial charge in [-0.05, 0) is 30.7 Å². The fourth-order valence-electron chi connectivity index (χ4n) is 2.68. The van der Waals surface area contributed by atoms with Crippen LogP contribution in [-0.2, 0) is 4.79 Å². The average molecular weight is 269 g/mol. The van der Waals surface area contributed by atoms with Crippen molar-refractivity contribution in [1.82, 2.24) is 4.98 Å². The van der Waals surface area contributed by atoms with Crippen molar-refractivity contribution in [2.24, 2.45) is 5.92 Å². The van der Waals surface area contributed by atoms with Crippen molar-refractivity contribution in [3.63, 3.8) is 0 Å². The number of oxazole rings is 1.